The Hall–Kier alpha value is -2.73. The van der Waals surface area contributed by atoms with Crippen molar-refractivity contribution in [3.05, 3.63) is 63.6 Å². The molecule has 0 saturated heterocycles. The van der Waals surface area contributed by atoms with E-state index in [1.807, 2.05) is 41.9 Å². The van der Waals surface area contributed by atoms with Crippen molar-refractivity contribution in [1.82, 2.24) is 19.7 Å². The SMILES string of the molecule is Cc1nn(-c2nc3ccccc3[nH]2)c2c1C(=O)C[C@@H](c1cccs1)C2. The summed E-state index contributed by atoms with van der Waals surface area (Å²) in [6.07, 6.45) is 1.36. The molecule has 3 aromatic heterocycles. The molecule has 1 aromatic carbocycles. The Labute approximate surface area is 148 Å². The van der Waals surface area contributed by atoms with Gasteiger partial charge in [-0.3, -0.25) is 4.79 Å². The van der Waals surface area contributed by atoms with Gasteiger partial charge in [-0.25, -0.2) is 9.67 Å². The summed E-state index contributed by atoms with van der Waals surface area (Å²) in [7, 11) is 0. The Morgan fingerprint density at radius 3 is 2.88 bits per heavy atom. The molecule has 3 heterocycles. The predicted molar refractivity (Wildman–Crippen MR) is 97.7 cm³/mol. The summed E-state index contributed by atoms with van der Waals surface area (Å²) < 4.78 is 1.82. The zero-order valence-electron chi connectivity index (χ0n) is 13.7. The molecule has 1 aliphatic rings. The number of Topliss-reactive ketones (excluding diaryl/α,β-unsaturated/α-hetero) is 1. The number of aromatic amines is 1. The quantitative estimate of drug-likeness (QED) is 0.595. The van der Waals surface area contributed by atoms with Crippen molar-refractivity contribution < 1.29 is 4.79 Å². The second-order valence-corrected chi connectivity index (χ2v) is 7.42. The molecule has 1 aliphatic carbocycles. The number of hydrogen-bond acceptors (Lipinski definition) is 4. The summed E-state index contributed by atoms with van der Waals surface area (Å²) in [5, 5.41) is 6.70. The van der Waals surface area contributed by atoms with Crippen molar-refractivity contribution in [2.45, 2.75) is 25.7 Å². The lowest BCUT2D eigenvalue weighted by molar-refractivity contribution is 0.0963. The third-order valence-electron chi connectivity index (χ3n) is 4.83. The molecule has 0 bridgehead atoms. The van der Waals surface area contributed by atoms with Gasteiger partial charge in [0.2, 0.25) is 5.95 Å². The summed E-state index contributed by atoms with van der Waals surface area (Å²) >= 11 is 1.71. The second kappa shape index (κ2) is 5.39. The molecule has 0 spiro atoms. The monoisotopic (exact) mass is 348 g/mol. The van der Waals surface area contributed by atoms with E-state index in [0.717, 1.165) is 34.4 Å². The minimum absolute atomic E-state index is 0.180. The normalized spacial score (nSPS) is 17.2. The lowest BCUT2D eigenvalue weighted by atomic mass is 9.85. The zero-order chi connectivity index (χ0) is 17.0. The van der Waals surface area contributed by atoms with Gasteiger partial charge in [0.15, 0.2) is 5.78 Å². The number of carbonyl (C=O) groups is 1. The lowest BCUT2D eigenvalue weighted by Gasteiger charge is -2.21. The van der Waals surface area contributed by atoms with E-state index in [9.17, 15) is 4.79 Å². The van der Waals surface area contributed by atoms with Crippen molar-refractivity contribution in [3.8, 4) is 5.95 Å². The molecule has 0 radical (unpaired) electrons. The first-order valence-corrected chi connectivity index (χ1v) is 9.19. The standard InChI is InChI=1S/C19H16N4OS/c1-11-18-15(9-12(10-16(18)24)17-7-4-8-25-17)23(22-11)19-20-13-5-2-3-6-14(13)21-19/h2-8,12H,9-10H2,1H3,(H,20,21)/t12-/m0/s1. The van der Waals surface area contributed by atoms with E-state index in [4.69, 9.17) is 0 Å². The fourth-order valence-corrected chi connectivity index (χ4v) is 4.53. The maximum absolute atomic E-state index is 12.7. The molecule has 0 unspecified atom stereocenters. The average Bonchev–Trinajstić information content (AvgIpc) is 3.32. The molecule has 1 N–H and O–H groups in total. The fourth-order valence-electron chi connectivity index (χ4n) is 3.70. The summed E-state index contributed by atoms with van der Waals surface area (Å²) in [5.74, 6) is 1.07. The number of thiophene rings is 1. The van der Waals surface area contributed by atoms with Crippen molar-refractivity contribution in [3.63, 3.8) is 0 Å². The fraction of sp³-hybridized carbons (Fsp3) is 0.211. The maximum atomic E-state index is 12.7. The van der Waals surface area contributed by atoms with Crippen LogP contribution in [-0.2, 0) is 6.42 Å². The highest BCUT2D eigenvalue weighted by molar-refractivity contribution is 7.10. The first-order chi connectivity index (χ1) is 12.2. The van der Waals surface area contributed by atoms with Crippen LogP contribution >= 0.6 is 11.3 Å². The highest BCUT2D eigenvalue weighted by atomic mass is 32.1. The van der Waals surface area contributed by atoms with Gasteiger partial charge in [-0.2, -0.15) is 5.10 Å². The lowest BCUT2D eigenvalue weighted by Crippen LogP contribution is -2.20. The van der Waals surface area contributed by atoms with Gasteiger partial charge >= 0.3 is 0 Å². The van der Waals surface area contributed by atoms with Crippen LogP contribution in [0.2, 0.25) is 0 Å². The molecule has 0 saturated carbocycles. The maximum Gasteiger partial charge on any atom is 0.229 e. The number of fused-ring (bicyclic) bond motifs is 2. The Balaban J connectivity index is 1.65. The Kier molecular flexibility index (Phi) is 3.15. The summed E-state index contributed by atoms with van der Waals surface area (Å²) in [5.41, 5.74) is 4.39. The molecule has 5 rings (SSSR count). The number of imidazole rings is 1. The minimum Gasteiger partial charge on any atom is -0.322 e. The van der Waals surface area contributed by atoms with Gasteiger partial charge in [0.1, 0.15) is 0 Å². The van der Waals surface area contributed by atoms with E-state index in [2.05, 4.69) is 26.5 Å². The Bertz CT molecular complexity index is 1060. The third-order valence-corrected chi connectivity index (χ3v) is 5.86. The number of hydrogen-bond donors (Lipinski definition) is 1. The molecular formula is C19H16N4OS. The number of ketones is 1. The smallest absolute Gasteiger partial charge is 0.229 e. The molecule has 25 heavy (non-hydrogen) atoms. The first-order valence-electron chi connectivity index (χ1n) is 8.31. The van der Waals surface area contributed by atoms with Crippen LogP contribution in [0.3, 0.4) is 0 Å². The minimum atomic E-state index is 0.180. The molecule has 0 fully saturated rings. The number of rotatable bonds is 2. The van der Waals surface area contributed by atoms with Gasteiger partial charge in [0, 0.05) is 17.2 Å². The van der Waals surface area contributed by atoms with Crippen molar-refractivity contribution in [2.24, 2.45) is 0 Å². The van der Waals surface area contributed by atoms with Gasteiger partial charge in [0.25, 0.3) is 0 Å². The van der Waals surface area contributed by atoms with Gasteiger partial charge < -0.3 is 4.98 Å². The van der Waals surface area contributed by atoms with Gasteiger partial charge in [-0.15, -0.1) is 11.3 Å². The zero-order valence-corrected chi connectivity index (χ0v) is 14.5. The third kappa shape index (κ3) is 2.25. The number of carbonyl (C=O) groups excluding carboxylic acids is 1. The van der Waals surface area contributed by atoms with Crippen LogP contribution in [0.5, 0.6) is 0 Å². The molecule has 5 nitrogen and oxygen atoms in total. The van der Waals surface area contributed by atoms with E-state index in [-0.39, 0.29) is 11.7 Å². The number of para-hydroxylation sites is 2. The van der Waals surface area contributed by atoms with Crippen LogP contribution in [0, 0.1) is 6.92 Å². The molecule has 4 aromatic rings. The van der Waals surface area contributed by atoms with E-state index in [1.54, 1.807) is 11.3 Å². The molecule has 0 aliphatic heterocycles. The van der Waals surface area contributed by atoms with Crippen molar-refractivity contribution in [2.75, 3.05) is 0 Å². The van der Waals surface area contributed by atoms with Crippen molar-refractivity contribution in [1.29, 1.82) is 0 Å². The number of H-pyrrole nitrogens is 1. The van der Waals surface area contributed by atoms with Crippen LogP contribution in [0.1, 0.15) is 39.0 Å². The first kappa shape index (κ1) is 14.6. The number of benzene rings is 1. The molecule has 1 atom stereocenters. The number of aromatic nitrogens is 4. The van der Waals surface area contributed by atoms with Gasteiger partial charge in [-0.05, 0) is 36.9 Å². The second-order valence-electron chi connectivity index (χ2n) is 6.44. The Morgan fingerprint density at radius 2 is 2.08 bits per heavy atom. The summed E-state index contributed by atoms with van der Waals surface area (Å²) in [6.45, 7) is 1.90. The van der Waals surface area contributed by atoms with Crippen LogP contribution < -0.4 is 0 Å². The predicted octanol–water partition coefficient (Wildman–Crippen LogP) is 4.03. The molecule has 6 heteroatoms. The largest absolute Gasteiger partial charge is 0.322 e. The number of nitrogens with one attached hydrogen (secondary N) is 1. The van der Waals surface area contributed by atoms with Gasteiger partial charge in [0.05, 0.1) is 28.0 Å². The molecule has 0 amide bonds. The Morgan fingerprint density at radius 1 is 1.20 bits per heavy atom. The van der Waals surface area contributed by atoms with Crippen molar-refractivity contribution >= 4 is 28.2 Å². The number of nitrogens with zero attached hydrogens (tertiary/aromatic N) is 3. The van der Waals surface area contributed by atoms with E-state index >= 15 is 0 Å². The van der Waals surface area contributed by atoms with E-state index in [0.29, 0.717) is 12.4 Å². The van der Waals surface area contributed by atoms with Crippen LogP contribution in [-0.4, -0.2) is 25.5 Å². The molecular weight excluding hydrogens is 332 g/mol. The summed E-state index contributed by atoms with van der Waals surface area (Å²) in [4.78, 5) is 22.0. The average molecular weight is 348 g/mol. The van der Waals surface area contributed by atoms with Gasteiger partial charge in [-0.1, -0.05) is 18.2 Å². The molecule has 124 valence electrons. The number of aryl methyl sites for hydroxylation is 1. The van der Waals surface area contributed by atoms with Crippen LogP contribution in [0.25, 0.3) is 17.0 Å². The topological polar surface area (TPSA) is 63.6 Å². The highest BCUT2D eigenvalue weighted by Crippen LogP contribution is 2.36. The van der Waals surface area contributed by atoms with E-state index in [1.165, 1.54) is 4.88 Å². The highest BCUT2D eigenvalue weighted by Gasteiger charge is 2.33. The van der Waals surface area contributed by atoms with Crippen LogP contribution in [0.15, 0.2) is 41.8 Å². The summed E-state index contributed by atoms with van der Waals surface area (Å²) in [6, 6.07) is 12.1. The van der Waals surface area contributed by atoms with Crippen LogP contribution in [0.4, 0.5) is 0 Å². The van der Waals surface area contributed by atoms with E-state index < -0.39 is 0 Å².